The lowest BCUT2D eigenvalue weighted by atomic mass is 9.97. The molecule has 0 saturated carbocycles. The maximum atomic E-state index is 12.7. The van der Waals surface area contributed by atoms with E-state index in [2.05, 4.69) is 20.0 Å². The first-order chi connectivity index (χ1) is 11.4. The fourth-order valence-corrected chi connectivity index (χ4v) is 3.11. The minimum absolute atomic E-state index is 0.0771. The second-order valence-corrected chi connectivity index (χ2v) is 6.16. The van der Waals surface area contributed by atoms with Crippen LogP contribution in [0.5, 0.6) is 0 Å². The van der Waals surface area contributed by atoms with Crippen molar-refractivity contribution in [1.82, 2.24) is 24.6 Å². The smallest absolute Gasteiger partial charge is 0.390 e. The minimum atomic E-state index is -4.40. The summed E-state index contributed by atoms with van der Waals surface area (Å²) in [6.07, 6.45) is 0.951. The van der Waals surface area contributed by atoms with Crippen LogP contribution in [0.3, 0.4) is 0 Å². The number of hydrogen-bond donors (Lipinski definition) is 2. The number of alkyl halides is 3. The number of imidazole rings is 1. The molecular weight excluding hydrogens is 323 g/mol. The largest absolute Gasteiger partial charge is 0.432 e. The molecule has 24 heavy (non-hydrogen) atoms. The van der Waals surface area contributed by atoms with Gasteiger partial charge in [0.2, 0.25) is 0 Å². The standard InChI is InChI=1S/C15H20F3N5O/c16-15(17,18)13-7-19-14(21-13)11-3-1-5-22(8-11)9-12(24)10-23-6-2-4-20-23/h2,4,6-7,11-12,24H,1,3,5,8-10H2,(H,19,21)/t11-,12+/m1/s1. The number of piperidine rings is 1. The summed E-state index contributed by atoms with van der Waals surface area (Å²) < 4.78 is 39.7. The van der Waals surface area contributed by atoms with Crippen molar-refractivity contribution in [1.29, 1.82) is 0 Å². The molecular formula is C15H20F3N5O. The molecule has 3 heterocycles. The van der Waals surface area contributed by atoms with E-state index >= 15 is 0 Å². The van der Waals surface area contributed by atoms with Gasteiger partial charge in [-0.05, 0) is 25.5 Å². The number of hydrogen-bond acceptors (Lipinski definition) is 4. The molecule has 2 N–H and O–H groups in total. The van der Waals surface area contributed by atoms with E-state index in [1.165, 1.54) is 0 Å². The lowest BCUT2D eigenvalue weighted by Gasteiger charge is -2.33. The molecule has 1 fully saturated rings. The number of aliphatic hydroxyl groups is 1. The molecule has 132 valence electrons. The molecule has 0 radical (unpaired) electrons. The van der Waals surface area contributed by atoms with Gasteiger partial charge in [-0.3, -0.25) is 9.58 Å². The molecule has 3 rings (SSSR count). The predicted octanol–water partition coefficient (Wildman–Crippen LogP) is 1.87. The van der Waals surface area contributed by atoms with Crippen LogP contribution >= 0.6 is 0 Å². The van der Waals surface area contributed by atoms with E-state index in [4.69, 9.17) is 0 Å². The van der Waals surface area contributed by atoms with E-state index in [1.807, 2.05) is 0 Å². The third-order valence-electron chi connectivity index (χ3n) is 4.22. The summed E-state index contributed by atoms with van der Waals surface area (Å²) in [6.45, 7) is 2.26. The van der Waals surface area contributed by atoms with Gasteiger partial charge in [0.1, 0.15) is 11.5 Å². The van der Waals surface area contributed by atoms with Crippen molar-refractivity contribution in [2.75, 3.05) is 19.6 Å². The highest BCUT2D eigenvalue weighted by molar-refractivity contribution is 5.09. The molecule has 0 aliphatic carbocycles. The molecule has 1 saturated heterocycles. The summed E-state index contributed by atoms with van der Waals surface area (Å²) in [4.78, 5) is 8.36. The summed E-state index contributed by atoms with van der Waals surface area (Å²) in [5.41, 5.74) is -0.812. The molecule has 2 atom stereocenters. The first-order valence-electron chi connectivity index (χ1n) is 7.92. The number of nitrogens with zero attached hydrogens (tertiary/aromatic N) is 4. The van der Waals surface area contributed by atoms with Crippen LogP contribution < -0.4 is 0 Å². The van der Waals surface area contributed by atoms with Crippen molar-refractivity contribution < 1.29 is 18.3 Å². The first kappa shape index (κ1) is 17.0. The molecule has 2 aromatic heterocycles. The quantitative estimate of drug-likeness (QED) is 0.870. The number of β-amino-alcohol motifs (C(OH)–C–C–N with tert-alkyl or cyclic N) is 1. The zero-order valence-electron chi connectivity index (χ0n) is 13.1. The summed E-state index contributed by atoms with van der Waals surface area (Å²) in [5.74, 6) is 0.292. The van der Waals surface area contributed by atoms with E-state index in [-0.39, 0.29) is 5.92 Å². The monoisotopic (exact) mass is 343 g/mol. The van der Waals surface area contributed by atoms with Gasteiger partial charge in [-0.1, -0.05) is 0 Å². The Labute approximate surface area is 137 Å². The Morgan fingerprint density at radius 2 is 2.21 bits per heavy atom. The van der Waals surface area contributed by atoms with Crippen LogP contribution in [-0.4, -0.2) is 55.5 Å². The Balaban J connectivity index is 1.57. The number of aliphatic hydroxyl groups excluding tert-OH is 1. The maximum absolute atomic E-state index is 12.7. The number of halogens is 3. The van der Waals surface area contributed by atoms with Crippen LogP contribution in [0.4, 0.5) is 13.2 Å². The molecule has 0 amide bonds. The van der Waals surface area contributed by atoms with Gasteiger partial charge in [-0.25, -0.2) is 4.98 Å². The number of nitrogens with one attached hydrogen (secondary N) is 1. The molecule has 1 aliphatic rings. The summed E-state index contributed by atoms with van der Waals surface area (Å²) >= 11 is 0. The van der Waals surface area contributed by atoms with Crippen LogP contribution in [0, 0.1) is 0 Å². The van der Waals surface area contributed by atoms with Gasteiger partial charge in [0, 0.05) is 31.4 Å². The minimum Gasteiger partial charge on any atom is -0.390 e. The lowest BCUT2D eigenvalue weighted by Crippen LogP contribution is -2.41. The fourth-order valence-electron chi connectivity index (χ4n) is 3.11. The van der Waals surface area contributed by atoms with E-state index < -0.39 is 18.0 Å². The average molecular weight is 343 g/mol. The van der Waals surface area contributed by atoms with E-state index in [9.17, 15) is 18.3 Å². The van der Waals surface area contributed by atoms with E-state index in [0.717, 1.165) is 25.6 Å². The Hall–Kier alpha value is -1.87. The number of likely N-dealkylation sites (tertiary alicyclic amines) is 1. The lowest BCUT2D eigenvalue weighted by molar-refractivity contribution is -0.141. The number of H-pyrrole nitrogens is 1. The highest BCUT2D eigenvalue weighted by Crippen LogP contribution is 2.31. The molecule has 0 bridgehead atoms. The Morgan fingerprint density at radius 3 is 2.88 bits per heavy atom. The van der Waals surface area contributed by atoms with Gasteiger partial charge in [0.25, 0.3) is 0 Å². The molecule has 1 aliphatic heterocycles. The first-order valence-corrected chi connectivity index (χ1v) is 7.92. The van der Waals surface area contributed by atoms with Crippen molar-refractivity contribution in [2.24, 2.45) is 0 Å². The molecule has 0 unspecified atom stereocenters. The summed E-state index contributed by atoms with van der Waals surface area (Å²) in [5, 5.41) is 14.2. The van der Waals surface area contributed by atoms with Crippen LogP contribution in [-0.2, 0) is 12.7 Å². The zero-order valence-corrected chi connectivity index (χ0v) is 13.1. The topological polar surface area (TPSA) is 70.0 Å². The summed E-state index contributed by atoms with van der Waals surface area (Å²) in [6, 6.07) is 1.79. The predicted molar refractivity (Wildman–Crippen MR) is 80.2 cm³/mol. The van der Waals surface area contributed by atoms with E-state index in [1.54, 1.807) is 23.1 Å². The molecule has 6 nitrogen and oxygen atoms in total. The maximum Gasteiger partial charge on any atom is 0.432 e. The van der Waals surface area contributed by atoms with Crippen LogP contribution in [0.2, 0.25) is 0 Å². The van der Waals surface area contributed by atoms with Gasteiger partial charge >= 0.3 is 6.18 Å². The average Bonchev–Trinajstić information content (AvgIpc) is 3.17. The number of aromatic nitrogens is 4. The fraction of sp³-hybridized carbons (Fsp3) is 0.600. The normalized spacial score (nSPS) is 21.1. The Bertz CT molecular complexity index is 640. The number of rotatable bonds is 5. The Morgan fingerprint density at radius 1 is 1.38 bits per heavy atom. The highest BCUT2D eigenvalue weighted by Gasteiger charge is 2.34. The SMILES string of the molecule is O[C@@H](CN1CCC[C@@H](c2ncc(C(F)(F)F)[nH]2)C1)Cn1cccn1. The van der Waals surface area contributed by atoms with Gasteiger partial charge in [-0.15, -0.1) is 0 Å². The van der Waals surface area contributed by atoms with Crippen LogP contribution in [0.1, 0.15) is 30.3 Å². The van der Waals surface area contributed by atoms with Crippen LogP contribution in [0.15, 0.2) is 24.7 Å². The molecule has 9 heteroatoms. The van der Waals surface area contributed by atoms with Crippen molar-refractivity contribution >= 4 is 0 Å². The number of aromatic amines is 1. The van der Waals surface area contributed by atoms with Crippen molar-refractivity contribution in [3.05, 3.63) is 36.2 Å². The highest BCUT2D eigenvalue weighted by atomic mass is 19.4. The van der Waals surface area contributed by atoms with E-state index in [0.29, 0.717) is 25.5 Å². The van der Waals surface area contributed by atoms with Gasteiger partial charge in [-0.2, -0.15) is 18.3 Å². The van der Waals surface area contributed by atoms with Gasteiger partial charge in [0.05, 0.1) is 18.8 Å². The molecule has 0 spiro atoms. The van der Waals surface area contributed by atoms with Crippen molar-refractivity contribution in [3.8, 4) is 0 Å². The molecule has 0 aromatic carbocycles. The van der Waals surface area contributed by atoms with Gasteiger partial charge < -0.3 is 10.1 Å². The third kappa shape index (κ3) is 4.15. The van der Waals surface area contributed by atoms with Crippen molar-refractivity contribution in [3.63, 3.8) is 0 Å². The summed E-state index contributed by atoms with van der Waals surface area (Å²) in [7, 11) is 0. The second kappa shape index (κ2) is 6.94. The van der Waals surface area contributed by atoms with Crippen molar-refractivity contribution in [2.45, 2.75) is 37.6 Å². The molecule has 2 aromatic rings. The van der Waals surface area contributed by atoms with Gasteiger partial charge in [0.15, 0.2) is 0 Å². The zero-order chi connectivity index (χ0) is 17.2. The Kier molecular flexibility index (Phi) is 4.91. The van der Waals surface area contributed by atoms with Crippen LogP contribution in [0.25, 0.3) is 0 Å². The second-order valence-electron chi connectivity index (χ2n) is 6.16. The third-order valence-corrected chi connectivity index (χ3v) is 4.22.